The van der Waals surface area contributed by atoms with Crippen LogP contribution in [0.2, 0.25) is 5.02 Å². The quantitative estimate of drug-likeness (QED) is 0.557. The summed E-state index contributed by atoms with van der Waals surface area (Å²) < 4.78 is 44.5. The van der Waals surface area contributed by atoms with Gasteiger partial charge in [-0.15, -0.1) is 0 Å². The Balaban J connectivity index is 2.13. The molecule has 7 nitrogen and oxygen atoms in total. The van der Waals surface area contributed by atoms with Crippen molar-refractivity contribution < 1.29 is 22.3 Å². The Hall–Kier alpha value is -2.91. The van der Waals surface area contributed by atoms with E-state index < -0.39 is 21.8 Å². The van der Waals surface area contributed by atoms with Crippen LogP contribution in [0.5, 0.6) is 0 Å². The van der Waals surface area contributed by atoms with Gasteiger partial charge in [0, 0.05) is 17.3 Å². The van der Waals surface area contributed by atoms with Crippen LogP contribution in [-0.2, 0) is 14.8 Å². The first kappa shape index (κ1) is 20.8. The lowest BCUT2D eigenvalue weighted by atomic mass is 10.1. The summed E-state index contributed by atoms with van der Waals surface area (Å²) in [6.07, 6.45) is 2.35. The Morgan fingerprint density at radius 2 is 1.97 bits per heavy atom. The minimum atomic E-state index is -3.47. The number of anilines is 3. The maximum Gasteiger partial charge on any atom is 0.341 e. The van der Waals surface area contributed by atoms with Gasteiger partial charge in [0.25, 0.3) is 0 Å². The molecule has 0 amide bonds. The van der Waals surface area contributed by atoms with Crippen molar-refractivity contribution >= 4 is 55.6 Å². The van der Waals surface area contributed by atoms with E-state index in [4.69, 9.17) is 16.3 Å². The summed E-state index contributed by atoms with van der Waals surface area (Å²) in [5, 5.41) is 3.26. The van der Waals surface area contributed by atoms with Gasteiger partial charge in [-0.2, -0.15) is 0 Å². The van der Waals surface area contributed by atoms with E-state index >= 15 is 0 Å². The number of carbonyl (C=O) groups excluding carboxylic acids is 1. The minimum absolute atomic E-state index is 0.0980. The molecule has 0 bridgehead atoms. The van der Waals surface area contributed by atoms with Crippen molar-refractivity contribution in [3.05, 3.63) is 59.0 Å². The fourth-order valence-corrected chi connectivity index (χ4v) is 3.42. The summed E-state index contributed by atoms with van der Waals surface area (Å²) in [5.41, 5.74) is 1.52. The highest BCUT2D eigenvalue weighted by Gasteiger charge is 2.18. The lowest BCUT2D eigenvalue weighted by Crippen LogP contribution is -2.11. The molecule has 3 aromatic rings. The van der Waals surface area contributed by atoms with Gasteiger partial charge in [-0.1, -0.05) is 17.7 Å². The lowest BCUT2D eigenvalue weighted by Gasteiger charge is -2.15. The molecule has 0 spiro atoms. The number of sulfonamides is 1. The number of halogens is 2. The third-order valence-electron chi connectivity index (χ3n) is 3.84. The zero-order valence-corrected chi connectivity index (χ0v) is 17.1. The summed E-state index contributed by atoms with van der Waals surface area (Å²) in [7, 11) is -3.47. The van der Waals surface area contributed by atoms with Crippen LogP contribution in [0.1, 0.15) is 17.3 Å². The molecular weight excluding hydrogens is 421 g/mol. The van der Waals surface area contributed by atoms with Crippen LogP contribution in [0.4, 0.5) is 21.5 Å². The van der Waals surface area contributed by atoms with Crippen molar-refractivity contribution in [3.63, 3.8) is 0 Å². The number of esters is 1. The highest BCUT2D eigenvalue weighted by molar-refractivity contribution is 7.92. The minimum Gasteiger partial charge on any atom is -0.462 e. The van der Waals surface area contributed by atoms with Gasteiger partial charge in [-0.25, -0.2) is 17.6 Å². The second-order valence-corrected chi connectivity index (χ2v) is 8.29. The summed E-state index contributed by atoms with van der Waals surface area (Å²) in [5.74, 6) is -1.30. The molecule has 0 fully saturated rings. The van der Waals surface area contributed by atoms with Crippen molar-refractivity contribution in [3.8, 4) is 0 Å². The van der Waals surface area contributed by atoms with Gasteiger partial charge in [0.2, 0.25) is 10.0 Å². The first-order valence-corrected chi connectivity index (χ1v) is 10.7. The normalized spacial score (nSPS) is 11.3. The zero-order chi connectivity index (χ0) is 21.2. The number of ether oxygens (including phenoxy) is 1. The Morgan fingerprint density at radius 1 is 1.24 bits per heavy atom. The molecule has 0 saturated heterocycles. The smallest absolute Gasteiger partial charge is 0.341 e. The summed E-state index contributed by atoms with van der Waals surface area (Å²) in [4.78, 5) is 16.6. The van der Waals surface area contributed by atoms with Crippen molar-refractivity contribution in [2.45, 2.75) is 6.92 Å². The summed E-state index contributed by atoms with van der Waals surface area (Å²) in [6, 6.07) is 8.93. The molecule has 0 aliphatic heterocycles. The molecule has 0 saturated carbocycles. The second-order valence-electron chi connectivity index (χ2n) is 6.13. The highest BCUT2D eigenvalue weighted by Crippen LogP contribution is 2.33. The highest BCUT2D eigenvalue weighted by atomic mass is 35.5. The molecule has 0 unspecified atom stereocenters. The standard InChI is InChI=1S/C19H17ClFN3O4S/c1-3-28-19(25)14-10-22-17-9-15(20)16(21)8-13(17)18(14)23-11-5-4-6-12(7-11)24-29(2,26)27/h4-10,24H,3H2,1-2H3,(H,22,23). The van der Waals surface area contributed by atoms with Crippen LogP contribution in [0.3, 0.4) is 0 Å². The second kappa shape index (κ2) is 8.22. The van der Waals surface area contributed by atoms with Crippen LogP contribution in [0, 0.1) is 5.82 Å². The topological polar surface area (TPSA) is 97.4 Å². The Kier molecular flexibility index (Phi) is 5.90. The number of rotatable bonds is 6. The molecule has 1 aromatic heterocycles. The van der Waals surface area contributed by atoms with E-state index in [1.807, 2.05) is 0 Å². The van der Waals surface area contributed by atoms with E-state index in [0.29, 0.717) is 22.3 Å². The van der Waals surface area contributed by atoms with Gasteiger partial charge in [0.15, 0.2) is 0 Å². The van der Waals surface area contributed by atoms with Gasteiger partial charge < -0.3 is 10.1 Å². The van der Waals surface area contributed by atoms with Crippen LogP contribution in [-0.4, -0.2) is 32.2 Å². The van der Waals surface area contributed by atoms with E-state index in [-0.39, 0.29) is 22.9 Å². The van der Waals surface area contributed by atoms with E-state index in [9.17, 15) is 17.6 Å². The molecule has 2 N–H and O–H groups in total. The molecular formula is C19H17ClFN3O4S. The maximum atomic E-state index is 14.1. The molecule has 0 atom stereocenters. The van der Waals surface area contributed by atoms with E-state index in [1.54, 1.807) is 25.1 Å². The van der Waals surface area contributed by atoms with Crippen molar-refractivity contribution in [1.29, 1.82) is 0 Å². The average molecular weight is 438 g/mol. The Morgan fingerprint density at radius 3 is 2.66 bits per heavy atom. The Labute approximate surface area is 171 Å². The van der Waals surface area contributed by atoms with Crippen LogP contribution in [0.15, 0.2) is 42.6 Å². The number of benzene rings is 2. The molecule has 29 heavy (non-hydrogen) atoms. The van der Waals surface area contributed by atoms with Gasteiger partial charge in [-0.3, -0.25) is 9.71 Å². The molecule has 2 aromatic carbocycles. The van der Waals surface area contributed by atoms with Crippen molar-refractivity contribution in [2.75, 3.05) is 22.9 Å². The lowest BCUT2D eigenvalue weighted by molar-refractivity contribution is 0.0527. The fraction of sp³-hybridized carbons (Fsp3) is 0.158. The fourth-order valence-electron chi connectivity index (χ4n) is 2.70. The summed E-state index contributed by atoms with van der Waals surface area (Å²) in [6.45, 7) is 1.82. The molecule has 10 heteroatoms. The van der Waals surface area contributed by atoms with Gasteiger partial charge in [-0.05, 0) is 37.3 Å². The van der Waals surface area contributed by atoms with E-state index in [2.05, 4.69) is 15.0 Å². The molecule has 0 radical (unpaired) electrons. The molecule has 3 rings (SSSR count). The van der Waals surface area contributed by atoms with Gasteiger partial charge >= 0.3 is 5.97 Å². The van der Waals surface area contributed by atoms with Crippen LogP contribution >= 0.6 is 11.6 Å². The zero-order valence-electron chi connectivity index (χ0n) is 15.5. The molecule has 0 aliphatic carbocycles. The van der Waals surface area contributed by atoms with Crippen LogP contribution in [0.25, 0.3) is 10.9 Å². The van der Waals surface area contributed by atoms with E-state index in [1.165, 1.54) is 24.4 Å². The van der Waals surface area contributed by atoms with Gasteiger partial charge in [0.05, 0.1) is 34.8 Å². The van der Waals surface area contributed by atoms with Gasteiger partial charge in [0.1, 0.15) is 11.4 Å². The number of fused-ring (bicyclic) bond motifs is 1. The average Bonchev–Trinajstić information content (AvgIpc) is 2.62. The first-order valence-electron chi connectivity index (χ1n) is 8.47. The third-order valence-corrected chi connectivity index (χ3v) is 4.74. The molecule has 152 valence electrons. The number of nitrogens with one attached hydrogen (secondary N) is 2. The summed E-state index contributed by atoms with van der Waals surface area (Å²) >= 11 is 5.84. The number of carbonyl (C=O) groups is 1. The van der Waals surface area contributed by atoms with Crippen molar-refractivity contribution in [2.24, 2.45) is 0 Å². The Bertz CT molecular complexity index is 1200. The SMILES string of the molecule is CCOC(=O)c1cnc2cc(Cl)c(F)cc2c1Nc1cccc(NS(C)(=O)=O)c1. The molecule has 0 aliphatic rings. The van der Waals surface area contributed by atoms with E-state index in [0.717, 1.165) is 6.26 Å². The molecule has 1 heterocycles. The third kappa shape index (κ3) is 4.93. The first-order chi connectivity index (χ1) is 13.7. The predicted octanol–water partition coefficient (Wildman–Crippen LogP) is 4.32. The number of hydrogen-bond donors (Lipinski definition) is 2. The maximum absolute atomic E-state index is 14.1. The number of hydrogen-bond acceptors (Lipinski definition) is 6. The van der Waals surface area contributed by atoms with Crippen molar-refractivity contribution in [1.82, 2.24) is 4.98 Å². The largest absolute Gasteiger partial charge is 0.462 e. The number of nitrogens with zero attached hydrogens (tertiary/aromatic N) is 1. The number of pyridine rings is 1. The number of aromatic nitrogens is 1. The van der Waals surface area contributed by atoms with Crippen LogP contribution < -0.4 is 10.0 Å². The monoisotopic (exact) mass is 437 g/mol. The predicted molar refractivity (Wildman–Crippen MR) is 111 cm³/mol.